The quantitative estimate of drug-likeness (QED) is 0.784. The van der Waals surface area contributed by atoms with Crippen molar-refractivity contribution in [3.63, 3.8) is 0 Å². The van der Waals surface area contributed by atoms with E-state index in [4.69, 9.17) is 10.2 Å². The summed E-state index contributed by atoms with van der Waals surface area (Å²) in [5.74, 6) is 0.141. The Bertz CT molecular complexity index is 761. The van der Waals surface area contributed by atoms with Gasteiger partial charge in [0, 0.05) is 5.56 Å². The maximum Gasteiger partial charge on any atom is 0.247 e. The molecule has 106 valence electrons. The predicted octanol–water partition coefficient (Wildman–Crippen LogP) is 3.69. The Balaban J connectivity index is 1.91. The number of aromatic nitrogens is 2. The molecule has 3 rings (SSSR count). The fourth-order valence-electron chi connectivity index (χ4n) is 1.91. The third kappa shape index (κ3) is 2.86. The van der Waals surface area contributed by atoms with Gasteiger partial charge in [0.1, 0.15) is 11.9 Å². The van der Waals surface area contributed by atoms with E-state index in [0.717, 1.165) is 5.56 Å². The molecule has 0 saturated heterocycles. The standard InChI is InChI=1S/C15H11BrFN3O/c16-11-7-6-10(8-12(11)17)14-19-20-15(21-14)13(18)9-4-2-1-3-5-9/h1-8,13H,18H2. The lowest BCUT2D eigenvalue weighted by molar-refractivity contribution is 0.483. The summed E-state index contributed by atoms with van der Waals surface area (Å²) in [4.78, 5) is 0. The van der Waals surface area contributed by atoms with Crippen LogP contribution in [0.5, 0.6) is 0 Å². The van der Waals surface area contributed by atoms with Gasteiger partial charge in [-0.1, -0.05) is 30.3 Å². The van der Waals surface area contributed by atoms with Crippen molar-refractivity contribution in [3.8, 4) is 11.5 Å². The molecule has 0 aliphatic heterocycles. The number of halogens is 2. The molecule has 0 radical (unpaired) electrons. The van der Waals surface area contributed by atoms with E-state index in [1.54, 1.807) is 12.1 Å². The van der Waals surface area contributed by atoms with Gasteiger partial charge in [-0.2, -0.15) is 0 Å². The SMILES string of the molecule is NC(c1ccccc1)c1nnc(-c2ccc(Br)c(F)c2)o1. The fourth-order valence-corrected chi connectivity index (χ4v) is 2.16. The number of nitrogens with zero attached hydrogens (tertiary/aromatic N) is 2. The number of nitrogens with two attached hydrogens (primary N) is 1. The first-order chi connectivity index (χ1) is 10.1. The summed E-state index contributed by atoms with van der Waals surface area (Å²) in [7, 11) is 0. The maximum atomic E-state index is 13.5. The molecule has 2 aromatic carbocycles. The fraction of sp³-hybridized carbons (Fsp3) is 0.0667. The lowest BCUT2D eigenvalue weighted by atomic mass is 10.1. The van der Waals surface area contributed by atoms with Crippen molar-refractivity contribution >= 4 is 15.9 Å². The third-order valence-electron chi connectivity index (χ3n) is 3.03. The average Bonchev–Trinajstić information content (AvgIpc) is 3.00. The molecule has 0 amide bonds. The largest absolute Gasteiger partial charge is 0.419 e. The van der Waals surface area contributed by atoms with Gasteiger partial charge in [0.15, 0.2) is 0 Å². The second kappa shape index (κ2) is 5.75. The molecular formula is C15H11BrFN3O. The molecule has 2 N–H and O–H groups in total. The first-order valence-electron chi connectivity index (χ1n) is 6.24. The second-order valence-corrected chi connectivity index (χ2v) is 5.32. The Hall–Kier alpha value is -2.05. The van der Waals surface area contributed by atoms with Crippen LogP contribution in [0.25, 0.3) is 11.5 Å². The van der Waals surface area contributed by atoms with Gasteiger partial charge in [-0.05, 0) is 39.7 Å². The highest BCUT2D eigenvalue weighted by atomic mass is 79.9. The van der Waals surface area contributed by atoms with Crippen molar-refractivity contribution in [1.29, 1.82) is 0 Å². The van der Waals surface area contributed by atoms with E-state index in [-0.39, 0.29) is 11.7 Å². The number of hydrogen-bond acceptors (Lipinski definition) is 4. The molecule has 0 saturated carbocycles. The summed E-state index contributed by atoms with van der Waals surface area (Å²) in [6.07, 6.45) is 0. The van der Waals surface area contributed by atoms with E-state index in [1.807, 2.05) is 30.3 Å². The summed E-state index contributed by atoms with van der Waals surface area (Å²) in [6.45, 7) is 0. The predicted molar refractivity (Wildman–Crippen MR) is 79.9 cm³/mol. The number of hydrogen-bond donors (Lipinski definition) is 1. The molecule has 0 aliphatic rings. The maximum absolute atomic E-state index is 13.5. The van der Waals surface area contributed by atoms with Crippen LogP contribution in [0.3, 0.4) is 0 Å². The molecule has 1 heterocycles. The topological polar surface area (TPSA) is 64.9 Å². The van der Waals surface area contributed by atoms with Crippen LogP contribution < -0.4 is 5.73 Å². The Morgan fingerprint density at radius 1 is 1.10 bits per heavy atom. The first-order valence-corrected chi connectivity index (χ1v) is 7.04. The van der Waals surface area contributed by atoms with E-state index >= 15 is 0 Å². The number of rotatable bonds is 3. The molecule has 4 nitrogen and oxygen atoms in total. The van der Waals surface area contributed by atoms with Gasteiger partial charge < -0.3 is 10.2 Å². The van der Waals surface area contributed by atoms with Crippen LogP contribution in [-0.2, 0) is 0 Å². The molecule has 1 atom stereocenters. The monoisotopic (exact) mass is 347 g/mol. The molecule has 1 unspecified atom stereocenters. The third-order valence-corrected chi connectivity index (χ3v) is 3.68. The lowest BCUT2D eigenvalue weighted by Gasteiger charge is -2.06. The minimum absolute atomic E-state index is 0.239. The molecule has 0 fully saturated rings. The van der Waals surface area contributed by atoms with Gasteiger partial charge in [-0.25, -0.2) is 4.39 Å². The Labute approximate surface area is 128 Å². The van der Waals surface area contributed by atoms with E-state index in [9.17, 15) is 4.39 Å². The van der Waals surface area contributed by atoms with Crippen molar-refractivity contribution in [3.05, 3.63) is 70.3 Å². The van der Waals surface area contributed by atoms with Crippen molar-refractivity contribution in [2.24, 2.45) is 5.73 Å². The highest BCUT2D eigenvalue weighted by Crippen LogP contribution is 2.26. The molecular weight excluding hydrogens is 337 g/mol. The van der Waals surface area contributed by atoms with Crippen molar-refractivity contribution in [1.82, 2.24) is 10.2 Å². The van der Waals surface area contributed by atoms with E-state index < -0.39 is 6.04 Å². The zero-order chi connectivity index (χ0) is 14.8. The van der Waals surface area contributed by atoms with Crippen molar-refractivity contribution in [2.45, 2.75) is 6.04 Å². The highest BCUT2D eigenvalue weighted by molar-refractivity contribution is 9.10. The minimum atomic E-state index is -0.507. The molecule has 1 aromatic heterocycles. The Kier molecular flexibility index (Phi) is 3.81. The molecule has 3 aromatic rings. The van der Waals surface area contributed by atoms with Gasteiger partial charge in [-0.3, -0.25) is 0 Å². The van der Waals surface area contributed by atoms with Gasteiger partial charge in [0.05, 0.1) is 4.47 Å². The summed E-state index contributed by atoms with van der Waals surface area (Å²) >= 11 is 3.10. The van der Waals surface area contributed by atoms with Crippen LogP contribution >= 0.6 is 15.9 Å². The van der Waals surface area contributed by atoms with Gasteiger partial charge in [0.25, 0.3) is 0 Å². The van der Waals surface area contributed by atoms with Crippen molar-refractivity contribution < 1.29 is 8.81 Å². The summed E-state index contributed by atoms with van der Waals surface area (Å²) in [6, 6.07) is 13.5. The van der Waals surface area contributed by atoms with E-state index in [2.05, 4.69) is 26.1 Å². The van der Waals surface area contributed by atoms with E-state index in [1.165, 1.54) is 6.07 Å². The van der Waals surface area contributed by atoms with Gasteiger partial charge >= 0.3 is 0 Å². The molecule has 21 heavy (non-hydrogen) atoms. The summed E-state index contributed by atoms with van der Waals surface area (Å²) in [5, 5.41) is 7.87. The molecule has 0 spiro atoms. The highest BCUT2D eigenvalue weighted by Gasteiger charge is 2.17. The van der Waals surface area contributed by atoms with Crippen LogP contribution in [-0.4, -0.2) is 10.2 Å². The normalized spacial score (nSPS) is 12.3. The van der Waals surface area contributed by atoms with Crippen LogP contribution in [0.4, 0.5) is 4.39 Å². The zero-order valence-electron chi connectivity index (χ0n) is 10.8. The first kappa shape index (κ1) is 13.9. The average molecular weight is 348 g/mol. The Morgan fingerprint density at radius 3 is 2.57 bits per heavy atom. The Morgan fingerprint density at radius 2 is 1.86 bits per heavy atom. The summed E-state index contributed by atoms with van der Waals surface area (Å²) in [5.41, 5.74) is 7.46. The molecule has 0 bridgehead atoms. The van der Waals surface area contributed by atoms with Gasteiger partial charge in [-0.15, -0.1) is 10.2 Å². The smallest absolute Gasteiger partial charge is 0.247 e. The van der Waals surface area contributed by atoms with E-state index in [0.29, 0.717) is 15.9 Å². The second-order valence-electron chi connectivity index (χ2n) is 4.46. The van der Waals surface area contributed by atoms with Gasteiger partial charge in [0.2, 0.25) is 11.8 Å². The van der Waals surface area contributed by atoms with Crippen LogP contribution in [0.15, 0.2) is 57.4 Å². The van der Waals surface area contributed by atoms with Crippen LogP contribution in [0.2, 0.25) is 0 Å². The minimum Gasteiger partial charge on any atom is -0.419 e. The number of benzene rings is 2. The van der Waals surface area contributed by atoms with Crippen LogP contribution in [0, 0.1) is 5.82 Å². The van der Waals surface area contributed by atoms with Crippen molar-refractivity contribution in [2.75, 3.05) is 0 Å². The lowest BCUT2D eigenvalue weighted by Crippen LogP contribution is -2.11. The van der Waals surface area contributed by atoms with Crippen LogP contribution in [0.1, 0.15) is 17.5 Å². The molecule has 6 heteroatoms. The molecule has 0 aliphatic carbocycles. The summed E-state index contributed by atoms with van der Waals surface area (Å²) < 4.78 is 19.5. The zero-order valence-corrected chi connectivity index (χ0v) is 12.4.